The van der Waals surface area contributed by atoms with E-state index in [1.165, 1.54) is 4.90 Å². The zero-order valence-corrected chi connectivity index (χ0v) is 17.4. The van der Waals surface area contributed by atoms with Crippen molar-refractivity contribution in [2.45, 2.75) is 58.0 Å². The van der Waals surface area contributed by atoms with Crippen LogP contribution in [0, 0.1) is 20.8 Å². The lowest BCUT2D eigenvalue weighted by Gasteiger charge is -2.34. The highest BCUT2D eigenvalue weighted by molar-refractivity contribution is 6.00. The summed E-state index contributed by atoms with van der Waals surface area (Å²) in [7, 11) is 0. The molecule has 8 heteroatoms. The molecule has 30 heavy (non-hydrogen) atoms. The van der Waals surface area contributed by atoms with Gasteiger partial charge in [-0.2, -0.15) is 0 Å². The molecule has 1 aliphatic carbocycles. The number of aromatic nitrogens is 2. The van der Waals surface area contributed by atoms with Crippen molar-refractivity contribution in [3.63, 3.8) is 0 Å². The summed E-state index contributed by atoms with van der Waals surface area (Å²) in [5.74, 6) is -2.19. The second-order valence-corrected chi connectivity index (χ2v) is 8.44. The van der Waals surface area contributed by atoms with E-state index in [4.69, 9.17) is 4.74 Å². The maximum atomic E-state index is 13.5. The van der Waals surface area contributed by atoms with E-state index in [1.54, 1.807) is 6.07 Å². The number of carbonyl (C=O) groups is 2. The van der Waals surface area contributed by atoms with E-state index in [-0.39, 0.29) is 44.6 Å². The maximum Gasteiger partial charge on any atom is 0.410 e. The summed E-state index contributed by atoms with van der Waals surface area (Å²) < 4.78 is 34.4. The molecule has 2 aliphatic rings. The summed E-state index contributed by atoms with van der Waals surface area (Å²) in [4.78, 5) is 31.2. The number of ether oxygens (including phenoxy) is 1. The number of ketones is 1. The van der Waals surface area contributed by atoms with Gasteiger partial charge in [0, 0.05) is 35.5 Å². The minimum atomic E-state index is -2.71. The zero-order valence-electron chi connectivity index (χ0n) is 17.4. The van der Waals surface area contributed by atoms with E-state index in [0.29, 0.717) is 5.56 Å². The fraction of sp³-hybridized carbons (Fsp3) is 0.500. The van der Waals surface area contributed by atoms with Gasteiger partial charge in [0.15, 0.2) is 5.78 Å². The number of aryl methyl sites for hydroxylation is 2. The Morgan fingerprint density at radius 3 is 2.53 bits per heavy atom. The topological polar surface area (TPSA) is 64.4 Å². The van der Waals surface area contributed by atoms with Crippen LogP contribution in [0.25, 0.3) is 5.82 Å². The van der Waals surface area contributed by atoms with Crippen LogP contribution in [0.3, 0.4) is 0 Å². The molecule has 2 aromatic rings. The molecule has 6 nitrogen and oxygen atoms in total. The Morgan fingerprint density at radius 2 is 1.87 bits per heavy atom. The minimum Gasteiger partial charge on any atom is -0.441 e. The first-order valence-electron chi connectivity index (χ1n) is 10.1. The lowest BCUT2D eigenvalue weighted by atomic mass is 9.82. The van der Waals surface area contributed by atoms with Gasteiger partial charge in [-0.05, 0) is 51.8 Å². The fourth-order valence-corrected chi connectivity index (χ4v) is 4.46. The predicted molar refractivity (Wildman–Crippen MR) is 106 cm³/mol. The molecule has 4 rings (SSSR count). The standard InChI is InChI=1S/C22H25F2N3O3/c1-14-5-4-6-19(25-14)27-15(2)11-17(16(27)3)18(28)12-26-13-21(30-20(26)29)7-9-22(23,24)10-8-21/h4-6,11H,7-10,12-13H2,1-3H3. The molecular weight excluding hydrogens is 392 g/mol. The van der Waals surface area contributed by atoms with Gasteiger partial charge in [-0.3, -0.25) is 9.69 Å². The number of carbonyl (C=O) groups excluding carboxylic acids is 2. The van der Waals surface area contributed by atoms with Crippen molar-refractivity contribution >= 4 is 11.9 Å². The molecule has 160 valence electrons. The molecule has 0 aromatic carbocycles. The van der Waals surface area contributed by atoms with Crippen LogP contribution >= 0.6 is 0 Å². The molecule has 0 atom stereocenters. The van der Waals surface area contributed by atoms with Crippen molar-refractivity contribution in [1.82, 2.24) is 14.5 Å². The molecule has 1 aliphatic heterocycles. The fourth-order valence-electron chi connectivity index (χ4n) is 4.46. The second kappa shape index (κ2) is 7.18. The first kappa shape index (κ1) is 20.5. The number of nitrogens with zero attached hydrogens (tertiary/aromatic N) is 3. The van der Waals surface area contributed by atoms with Gasteiger partial charge < -0.3 is 9.30 Å². The van der Waals surface area contributed by atoms with E-state index in [1.807, 2.05) is 43.5 Å². The van der Waals surface area contributed by atoms with Gasteiger partial charge in [-0.1, -0.05) is 6.07 Å². The summed E-state index contributed by atoms with van der Waals surface area (Å²) >= 11 is 0. The summed E-state index contributed by atoms with van der Waals surface area (Å²) in [6.45, 7) is 5.68. The Bertz CT molecular complexity index is 1010. The van der Waals surface area contributed by atoms with Gasteiger partial charge in [0.05, 0.1) is 13.1 Å². The van der Waals surface area contributed by atoms with Crippen LogP contribution < -0.4 is 0 Å². The molecule has 1 saturated heterocycles. The second-order valence-electron chi connectivity index (χ2n) is 8.44. The van der Waals surface area contributed by atoms with Crippen molar-refractivity contribution < 1.29 is 23.1 Å². The van der Waals surface area contributed by atoms with Crippen LogP contribution in [0.2, 0.25) is 0 Å². The average Bonchev–Trinajstić information content (AvgIpc) is 3.14. The van der Waals surface area contributed by atoms with E-state index in [2.05, 4.69) is 4.98 Å². The number of amides is 1. The molecule has 2 fully saturated rings. The molecule has 1 amide bonds. The van der Waals surface area contributed by atoms with Crippen molar-refractivity contribution in [3.05, 3.63) is 46.9 Å². The van der Waals surface area contributed by atoms with Crippen molar-refractivity contribution in [2.24, 2.45) is 0 Å². The molecular formula is C22H25F2N3O3. The normalized spacial score (nSPS) is 19.9. The Balaban J connectivity index is 1.51. The highest BCUT2D eigenvalue weighted by Crippen LogP contribution is 2.43. The van der Waals surface area contributed by atoms with E-state index < -0.39 is 17.6 Å². The molecule has 0 N–H and O–H groups in total. The van der Waals surface area contributed by atoms with Crippen molar-refractivity contribution in [3.8, 4) is 5.82 Å². The van der Waals surface area contributed by atoms with E-state index >= 15 is 0 Å². The number of pyridine rings is 1. The van der Waals surface area contributed by atoms with Gasteiger partial charge >= 0.3 is 6.09 Å². The largest absolute Gasteiger partial charge is 0.441 e. The Hall–Kier alpha value is -2.77. The summed E-state index contributed by atoms with van der Waals surface area (Å²) in [5.41, 5.74) is 2.09. The lowest BCUT2D eigenvalue weighted by molar-refractivity contribution is -0.0910. The molecule has 1 saturated carbocycles. The van der Waals surface area contributed by atoms with Crippen LogP contribution in [0.5, 0.6) is 0 Å². The van der Waals surface area contributed by atoms with Crippen LogP contribution in [-0.4, -0.2) is 50.9 Å². The van der Waals surface area contributed by atoms with E-state index in [0.717, 1.165) is 22.9 Å². The molecule has 3 heterocycles. The van der Waals surface area contributed by atoms with Gasteiger partial charge in [-0.25, -0.2) is 18.6 Å². The maximum absolute atomic E-state index is 13.5. The lowest BCUT2D eigenvalue weighted by Crippen LogP contribution is -2.42. The minimum absolute atomic E-state index is 0.115. The molecule has 0 bridgehead atoms. The highest BCUT2D eigenvalue weighted by Gasteiger charge is 2.51. The van der Waals surface area contributed by atoms with Gasteiger partial charge in [-0.15, -0.1) is 0 Å². The third-order valence-corrected chi connectivity index (χ3v) is 6.10. The number of hydrogen-bond donors (Lipinski definition) is 0. The summed E-state index contributed by atoms with van der Waals surface area (Å²) in [5, 5.41) is 0. The van der Waals surface area contributed by atoms with E-state index in [9.17, 15) is 18.4 Å². The third kappa shape index (κ3) is 3.70. The SMILES string of the molecule is Cc1cccc(-n2c(C)cc(C(=O)CN3CC4(CCC(F)(F)CC4)OC3=O)c2C)n1. The van der Waals surface area contributed by atoms with Crippen molar-refractivity contribution in [1.29, 1.82) is 0 Å². The van der Waals surface area contributed by atoms with Gasteiger partial charge in [0.2, 0.25) is 5.92 Å². The summed E-state index contributed by atoms with van der Waals surface area (Å²) in [6.07, 6.45) is -0.976. The number of halogens is 2. The summed E-state index contributed by atoms with van der Waals surface area (Å²) in [6, 6.07) is 7.48. The molecule has 1 spiro atoms. The smallest absolute Gasteiger partial charge is 0.410 e. The zero-order chi connectivity index (χ0) is 21.7. The van der Waals surface area contributed by atoms with Crippen LogP contribution in [-0.2, 0) is 4.74 Å². The van der Waals surface area contributed by atoms with Gasteiger partial charge in [0.25, 0.3) is 0 Å². The number of hydrogen-bond acceptors (Lipinski definition) is 4. The van der Waals surface area contributed by atoms with Crippen molar-refractivity contribution in [2.75, 3.05) is 13.1 Å². The third-order valence-electron chi connectivity index (χ3n) is 6.10. The Morgan fingerprint density at radius 1 is 1.17 bits per heavy atom. The average molecular weight is 417 g/mol. The molecule has 2 aromatic heterocycles. The predicted octanol–water partition coefficient (Wildman–Crippen LogP) is 4.38. The Labute approximate surface area is 173 Å². The molecule has 0 radical (unpaired) electrons. The van der Waals surface area contributed by atoms with Crippen LogP contribution in [0.4, 0.5) is 13.6 Å². The number of Topliss-reactive ketones (excluding diaryl/α,β-unsaturated/α-hetero) is 1. The monoisotopic (exact) mass is 417 g/mol. The highest BCUT2D eigenvalue weighted by atomic mass is 19.3. The first-order valence-corrected chi connectivity index (χ1v) is 10.1. The first-order chi connectivity index (χ1) is 14.1. The van der Waals surface area contributed by atoms with Crippen LogP contribution in [0.1, 0.15) is 53.1 Å². The van der Waals surface area contributed by atoms with Gasteiger partial charge in [0.1, 0.15) is 11.4 Å². The van der Waals surface area contributed by atoms with Crippen LogP contribution in [0.15, 0.2) is 24.3 Å². The molecule has 0 unspecified atom stereocenters. The number of rotatable bonds is 4. The Kier molecular flexibility index (Phi) is 4.91. The quantitative estimate of drug-likeness (QED) is 0.693. The number of alkyl halides is 2.